The molecule has 0 aliphatic rings. The fourth-order valence-electron chi connectivity index (χ4n) is 1.99. The molecule has 2 aromatic carbocycles. The lowest BCUT2D eigenvalue weighted by Crippen LogP contribution is -2.37. The highest BCUT2D eigenvalue weighted by atomic mass is 32.1. The van der Waals surface area contributed by atoms with Crippen molar-refractivity contribution in [3.8, 4) is 11.5 Å². The van der Waals surface area contributed by atoms with Crippen LogP contribution in [-0.4, -0.2) is 24.2 Å². The van der Waals surface area contributed by atoms with Gasteiger partial charge in [0.05, 0.1) is 6.61 Å². The zero-order chi connectivity index (χ0) is 17.4. The molecule has 2 aromatic rings. The summed E-state index contributed by atoms with van der Waals surface area (Å²) in [5.74, 6) is 1.14. The monoisotopic (exact) mass is 344 g/mol. The van der Waals surface area contributed by atoms with Crippen molar-refractivity contribution < 1.29 is 14.3 Å². The highest BCUT2D eigenvalue weighted by Crippen LogP contribution is 2.16. The molecule has 24 heavy (non-hydrogen) atoms. The van der Waals surface area contributed by atoms with Gasteiger partial charge in [0.2, 0.25) is 0 Å². The Bertz CT molecular complexity index is 702. The topological polar surface area (TPSA) is 59.6 Å². The van der Waals surface area contributed by atoms with Crippen LogP contribution in [-0.2, 0) is 4.79 Å². The molecule has 0 unspecified atom stereocenters. The van der Waals surface area contributed by atoms with Gasteiger partial charge in [-0.15, -0.1) is 0 Å². The Hall–Kier alpha value is -2.60. The molecule has 0 aliphatic heterocycles. The first-order chi connectivity index (χ1) is 11.6. The summed E-state index contributed by atoms with van der Waals surface area (Å²) in [5.41, 5.74) is 1.74. The van der Waals surface area contributed by atoms with E-state index < -0.39 is 0 Å². The van der Waals surface area contributed by atoms with Crippen LogP contribution in [0.4, 0.5) is 5.69 Å². The lowest BCUT2D eigenvalue weighted by molar-refractivity contribution is -0.121. The van der Waals surface area contributed by atoms with Crippen molar-refractivity contribution >= 4 is 28.9 Å². The van der Waals surface area contributed by atoms with Gasteiger partial charge in [-0.25, -0.2) is 0 Å². The van der Waals surface area contributed by atoms with Crippen molar-refractivity contribution in [1.29, 1.82) is 0 Å². The van der Waals surface area contributed by atoms with Crippen molar-refractivity contribution in [1.82, 2.24) is 5.32 Å². The number of carbonyl (C=O) groups is 1. The molecule has 0 radical (unpaired) electrons. The number of nitrogens with one attached hydrogen (secondary N) is 2. The molecule has 0 bridgehead atoms. The van der Waals surface area contributed by atoms with Gasteiger partial charge in [0.15, 0.2) is 11.7 Å². The van der Waals surface area contributed by atoms with Crippen molar-refractivity contribution in [2.24, 2.45) is 0 Å². The fraction of sp³-hybridized carbons (Fsp3) is 0.222. The predicted octanol–water partition coefficient (Wildman–Crippen LogP) is 3.29. The summed E-state index contributed by atoms with van der Waals surface area (Å²) in [7, 11) is 0. The zero-order valence-electron chi connectivity index (χ0n) is 13.7. The van der Waals surface area contributed by atoms with E-state index in [9.17, 15) is 4.79 Å². The van der Waals surface area contributed by atoms with Crippen LogP contribution in [0.1, 0.15) is 12.5 Å². The lowest BCUT2D eigenvalue weighted by Gasteiger charge is -2.12. The Balaban J connectivity index is 1.79. The van der Waals surface area contributed by atoms with Crippen LogP contribution in [0, 0.1) is 6.92 Å². The van der Waals surface area contributed by atoms with Crippen molar-refractivity contribution in [2.45, 2.75) is 13.8 Å². The molecule has 126 valence electrons. The maximum absolute atomic E-state index is 11.9. The molecular weight excluding hydrogens is 324 g/mol. The number of para-hydroxylation sites is 1. The number of benzene rings is 2. The van der Waals surface area contributed by atoms with Crippen LogP contribution in [0.15, 0.2) is 48.5 Å². The van der Waals surface area contributed by atoms with Gasteiger partial charge in [-0.1, -0.05) is 18.2 Å². The fourth-order valence-corrected chi connectivity index (χ4v) is 2.22. The molecule has 2 rings (SSSR count). The quantitative estimate of drug-likeness (QED) is 0.788. The smallest absolute Gasteiger partial charge is 0.264 e. The van der Waals surface area contributed by atoms with E-state index in [0.29, 0.717) is 12.4 Å². The second kappa shape index (κ2) is 8.88. The van der Waals surface area contributed by atoms with Crippen LogP contribution in [0.5, 0.6) is 11.5 Å². The molecule has 0 saturated heterocycles. The molecule has 0 fully saturated rings. The van der Waals surface area contributed by atoms with E-state index in [0.717, 1.165) is 17.0 Å². The van der Waals surface area contributed by atoms with E-state index in [1.165, 1.54) is 0 Å². The first-order valence-electron chi connectivity index (χ1n) is 7.60. The van der Waals surface area contributed by atoms with Gasteiger partial charge in [-0.05, 0) is 62.0 Å². The van der Waals surface area contributed by atoms with Crippen LogP contribution in [0.3, 0.4) is 0 Å². The summed E-state index contributed by atoms with van der Waals surface area (Å²) in [6, 6.07) is 14.8. The Morgan fingerprint density at radius 2 is 1.79 bits per heavy atom. The largest absolute Gasteiger partial charge is 0.494 e. The molecule has 0 aliphatic carbocycles. The molecule has 0 spiro atoms. The van der Waals surface area contributed by atoms with E-state index in [1.54, 1.807) is 0 Å². The number of hydrogen-bond donors (Lipinski definition) is 2. The predicted molar refractivity (Wildman–Crippen MR) is 98.6 cm³/mol. The third-order valence-corrected chi connectivity index (χ3v) is 3.33. The normalized spacial score (nSPS) is 9.92. The molecule has 5 nitrogen and oxygen atoms in total. The Morgan fingerprint density at radius 1 is 1.08 bits per heavy atom. The summed E-state index contributed by atoms with van der Waals surface area (Å²) in [6.07, 6.45) is 0. The lowest BCUT2D eigenvalue weighted by atomic mass is 10.2. The van der Waals surface area contributed by atoms with E-state index in [4.69, 9.17) is 21.7 Å². The van der Waals surface area contributed by atoms with Gasteiger partial charge in [0.25, 0.3) is 5.91 Å². The number of thiocarbonyl (C=S) groups is 1. The number of rotatable bonds is 6. The number of ether oxygens (including phenoxy) is 2. The number of anilines is 1. The third-order valence-electron chi connectivity index (χ3n) is 3.13. The molecule has 0 saturated carbocycles. The molecular formula is C18H20N2O3S. The minimum atomic E-state index is -0.318. The minimum absolute atomic E-state index is 0.101. The maximum Gasteiger partial charge on any atom is 0.264 e. The molecule has 1 amide bonds. The van der Waals surface area contributed by atoms with Crippen LogP contribution in [0.2, 0.25) is 0 Å². The second-order valence-corrected chi connectivity index (χ2v) is 5.42. The summed E-state index contributed by atoms with van der Waals surface area (Å²) in [4.78, 5) is 11.9. The average molecular weight is 344 g/mol. The van der Waals surface area contributed by atoms with Gasteiger partial charge in [0, 0.05) is 5.69 Å². The summed E-state index contributed by atoms with van der Waals surface area (Å²) in [6.45, 7) is 4.36. The first-order valence-corrected chi connectivity index (χ1v) is 8.01. The van der Waals surface area contributed by atoms with Gasteiger partial charge in [-0.2, -0.15) is 0 Å². The van der Waals surface area contributed by atoms with E-state index in [2.05, 4.69) is 10.6 Å². The van der Waals surface area contributed by atoms with E-state index >= 15 is 0 Å². The molecule has 6 heteroatoms. The Labute approximate surface area is 147 Å². The maximum atomic E-state index is 11.9. The van der Waals surface area contributed by atoms with Crippen LogP contribution >= 0.6 is 12.2 Å². The summed E-state index contributed by atoms with van der Waals surface area (Å²) < 4.78 is 10.8. The first kappa shape index (κ1) is 17.7. The molecule has 2 N–H and O–H groups in total. The number of carbonyl (C=O) groups excluding carboxylic acids is 1. The van der Waals surface area contributed by atoms with E-state index in [1.807, 2.05) is 62.4 Å². The molecule has 0 atom stereocenters. The highest BCUT2D eigenvalue weighted by molar-refractivity contribution is 7.80. The highest BCUT2D eigenvalue weighted by Gasteiger charge is 2.07. The third kappa shape index (κ3) is 5.55. The molecule has 0 aromatic heterocycles. The van der Waals surface area contributed by atoms with Gasteiger partial charge in [0.1, 0.15) is 11.5 Å². The number of amides is 1. The second-order valence-electron chi connectivity index (χ2n) is 5.01. The van der Waals surface area contributed by atoms with Gasteiger partial charge < -0.3 is 14.8 Å². The van der Waals surface area contributed by atoms with E-state index in [-0.39, 0.29) is 17.6 Å². The van der Waals surface area contributed by atoms with Crippen molar-refractivity contribution in [3.63, 3.8) is 0 Å². The standard InChI is InChI=1S/C18H20N2O3S/c1-3-22-15-10-8-14(9-11-15)19-18(24)20-17(21)12-23-16-7-5-4-6-13(16)2/h4-11H,3,12H2,1-2H3,(H2,19,20,21,24). The summed E-state index contributed by atoms with van der Waals surface area (Å²) in [5, 5.41) is 5.74. The number of hydrogen-bond acceptors (Lipinski definition) is 4. The van der Waals surface area contributed by atoms with Crippen LogP contribution < -0.4 is 20.1 Å². The van der Waals surface area contributed by atoms with Gasteiger partial charge in [-0.3, -0.25) is 10.1 Å². The average Bonchev–Trinajstić information content (AvgIpc) is 2.56. The van der Waals surface area contributed by atoms with Crippen molar-refractivity contribution in [2.75, 3.05) is 18.5 Å². The number of aryl methyl sites for hydroxylation is 1. The van der Waals surface area contributed by atoms with Gasteiger partial charge >= 0.3 is 0 Å². The zero-order valence-corrected chi connectivity index (χ0v) is 14.5. The Morgan fingerprint density at radius 3 is 2.46 bits per heavy atom. The molecule has 0 heterocycles. The minimum Gasteiger partial charge on any atom is -0.494 e. The van der Waals surface area contributed by atoms with Crippen LogP contribution in [0.25, 0.3) is 0 Å². The van der Waals surface area contributed by atoms with Crippen molar-refractivity contribution in [3.05, 3.63) is 54.1 Å². The summed E-state index contributed by atoms with van der Waals surface area (Å²) >= 11 is 5.12. The Kier molecular flexibility index (Phi) is 6.57. The SMILES string of the molecule is CCOc1ccc(NC(=S)NC(=O)COc2ccccc2C)cc1.